The fourth-order valence-electron chi connectivity index (χ4n) is 3.41. The predicted octanol–water partition coefficient (Wildman–Crippen LogP) is 4.83. The minimum absolute atomic E-state index is 0.211. The monoisotopic (exact) mass is 332 g/mol. The van der Waals surface area contributed by atoms with E-state index < -0.39 is 7.60 Å². The molecule has 1 saturated heterocycles. The average molecular weight is 332 g/mol. The molecule has 0 spiro atoms. The lowest BCUT2D eigenvalue weighted by atomic mass is 9.88. The normalized spacial score (nSPS) is 25.7. The van der Waals surface area contributed by atoms with Crippen LogP contribution in [0.25, 0.3) is 0 Å². The number of rotatable bonds is 6. The fraction of sp³-hybridized carbons (Fsp3) is 0.875. The summed E-state index contributed by atoms with van der Waals surface area (Å²) in [6.45, 7) is 2.59. The van der Waals surface area contributed by atoms with Gasteiger partial charge in [0, 0.05) is 20.6 Å². The Bertz CT molecular complexity index is 414. The highest BCUT2D eigenvalue weighted by Crippen LogP contribution is 2.61. The Morgan fingerprint density at radius 1 is 1.00 bits per heavy atom. The molecule has 1 heterocycles. The van der Waals surface area contributed by atoms with Gasteiger partial charge in [0.05, 0.1) is 11.9 Å². The van der Waals surface area contributed by atoms with E-state index in [4.69, 9.17) is 18.5 Å². The third kappa shape index (κ3) is 4.35. The fourth-order valence-corrected chi connectivity index (χ4v) is 5.10. The van der Waals surface area contributed by atoms with Gasteiger partial charge in [0.1, 0.15) is 5.76 Å². The zero-order valence-corrected chi connectivity index (χ0v) is 14.9. The molecule has 0 aromatic heterocycles. The minimum atomic E-state index is -3.28. The second kappa shape index (κ2) is 8.49. The van der Waals surface area contributed by atoms with Gasteiger partial charge in [0.25, 0.3) is 0 Å². The first kappa shape index (κ1) is 18.0. The van der Waals surface area contributed by atoms with E-state index in [1.54, 1.807) is 0 Å². The predicted molar refractivity (Wildman–Crippen MR) is 85.6 cm³/mol. The molecule has 1 unspecified atom stereocenters. The summed E-state index contributed by atoms with van der Waals surface area (Å²) < 4.78 is 35.2. The van der Waals surface area contributed by atoms with Gasteiger partial charge in [0.2, 0.25) is 0 Å². The number of ether oxygens (including phenoxy) is 2. The van der Waals surface area contributed by atoms with Crippen molar-refractivity contribution >= 4 is 7.60 Å². The molecule has 0 N–H and O–H groups in total. The van der Waals surface area contributed by atoms with Gasteiger partial charge >= 0.3 is 7.60 Å². The zero-order chi connectivity index (χ0) is 16.0. The van der Waals surface area contributed by atoms with Crippen LogP contribution in [0.2, 0.25) is 0 Å². The molecule has 1 atom stereocenters. The molecular formula is C16H29O5P. The van der Waals surface area contributed by atoms with Gasteiger partial charge in [-0.2, -0.15) is 0 Å². The summed E-state index contributed by atoms with van der Waals surface area (Å²) in [6.07, 6.45) is 8.36. The summed E-state index contributed by atoms with van der Waals surface area (Å²) in [5.41, 5.74) is 0. The van der Waals surface area contributed by atoms with E-state index in [1.807, 2.05) is 6.92 Å². The molecule has 1 saturated carbocycles. The molecule has 5 nitrogen and oxygen atoms in total. The highest BCUT2D eigenvalue weighted by atomic mass is 31.2. The molecule has 2 aliphatic rings. The summed E-state index contributed by atoms with van der Waals surface area (Å²) in [5, 5.41) is 0.714. The topological polar surface area (TPSA) is 54.0 Å². The van der Waals surface area contributed by atoms with Crippen LogP contribution in [-0.4, -0.2) is 27.1 Å². The summed E-state index contributed by atoms with van der Waals surface area (Å²) in [6, 6.07) is 0. The first-order valence-corrected chi connectivity index (χ1v) is 9.86. The Morgan fingerprint density at radius 2 is 1.64 bits per heavy atom. The zero-order valence-electron chi connectivity index (χ0n) is 14.0. The van der Waals surface area contributed by atoms with Crippen LogP contribution in [-0.2, 0) is 23.1 Å². The van der Waals surface area contributed by atoms with E-state index in [1.165, 1.54) is 20.6 Å². The molecule has 0 radical (unpaired) electrons. The van der Waals surface area contributed by atoms with E-state index in [2.05, 4.69) is 0 Å². The van der Waals surface area contributed by atoms with E-state index in [0.29, 0.717) is 11.1 Å². The van der Waals surface area contributed by atoms with Gasteiger partial charge in [-0.3, -0.25) is 4.57 Å². The van der Waals surface area contributed by atoms with Crippen LogP contribution >= 0.6 is 7.60 Å². The molecular weight excluding hydrogens is 303 g/mol. The van der Waals surface area contributed by atoms with Gasteiger partial charge in [-0.1, -0.05) is 19.3 Å². The molecule has 2 rings (SSSR count). The van der Waals surface area contributed by atoms with Gasteiger partial charge in [0.15, 0.2) is 6.29 Å². The Hall–Kier alpha value is -0.350. The molecule has 128 valence electrons. The van der Waals surface area contributed by atoms with Crippen LogP contribution in [0, 0.1) is 5.92 Å². The van der Waals surface area contributed by atoms with Crippen molar-refractivity contribution in [3.8, 4) is 0 Å². The van der Waals surface area contributed by atoms with Gasteiger partial charge in [-0.05, 0) is 38.5 Å². The van der Waals surface area contributed by atoms with Crippen LogP contribution in [0.5, 0.6) is 0 Å². The minimum Gasteiger partial charge on any atom is -0.469 e. The highest BCUT2D eigenvalue weighted by Gasteiger charge is 2.37. The van der Waals surface area contributed by atoms with Gasteiger partial charge < -0.3 is 18.5 Å². The lowest BCUT2D eigenvalue weighted by Gasteiger charge is -2.31. The van der Waals surface area contributed by atoms with Crippen molar-refractivity contribution in [1.29, 1.82) is 0 Å². The average Bonchev–Trinajstić information content (AvgIpc) is 2.56. The molecule has 1 aliphatic carbocycles. The molecule has 0 amide bonds. The van der Waals surface area contributed by atoms with Crippen molar-refractivity contribution in [3.05, 3.63) is 11.1 Å². The number of hydrogen-bond donors (Lipinski definition) is 0. The first-order valence-electron chi connectivity index (χ1n) is 8.32. The Morgan fingerprint density at radius 3 is 2.18 bits per heavy atom. The van der Waals surface area contributed by atoms with Crippen molar-refractivity contribution in [2.75, 3.05) is 20.8 Å². The lowest BCUT2D eigenvalue weighted by molar-refractivity contribution is -0.139. The maximum atomic E-state index is 13.0. The summed E-state index contributed by atoms with van der Waals surface area (Å²) >= 11 is 0. The Balaban J connectivity index is 2.23. The third-order valence-corrected chi connectivity index (χ3v) is 6.81. The number of hydrogen-bond acceptors (Lipinski definition) is 5. The molecule has 6 heteroatoms. The molecule has 0 aromatic carbocycles. The Kier molecular flexibility index (Phi) is 6.94. The summed E-state index contributed by atoms with van der Waals surface area (Å²) in [5.74, 6) is 0.869. The van der Waals surface area contributed by atoms with Gasteiger partial charge in [-0.15, -0.1) is 0 Å². The van der Waals surface area contributed by atoms with Crippen LogP contribution < -0.4 is 0 Å². The lowest BCUT2D eigenvalue weighted by Crippen LogP contribution is -2.23. The van der Waals surface area contributed by atoms with Crippen molar-refractivity contribution in [2.24, 2.45) is 5.92 Å². The third-order valence-electron chi connectivity index (χ3n) is 4.57. The molecule has 2 fully saturated rings. The second-order valence-corrected chi connectivity index (χ2v) is 8.26. The van der Waals surface area contributed by atoms with E-state index in [-0.39, 0.29) is 12.2 Å². The SMILES string of the molecule is COP(=O)(OC)/C(=C(\C)OC1CCCCO1)C1CCCCC1. The smallest absolute Gasteiger partial charge is 0.360 e. The van der Waals surface area contributed by atoms with Crippen LogP contribution in [0.4, 0.5) is 0 Å². The largest absolute Gasteiger partial charge is 0.469 e. The molecule has 0 bridgehead atoms. The van der Waals surface area contributed by atoms with E-state index >= 15 is 0 Å². The van der Waals surface area contributed by atoms with Crippen LogP contribution in [0.1, 0.15) is 58.3 Å². The molecule has 0 aromatic rings. The summed E-state index contributed by atoms with van der Waals surface area (Å²) in [7, 11) is -0.401. The molecule has 22 heavy (non-hydrogen) atoms. The van der Waals surface area contributed by atoms with Crippen molar-refractivity contribution in [2.45, 2.75) is 64.6 Å². The van der Waals surface area contributed by atoms with Crippen molar-refractivity contribution in [1.82, 2.24) is 0 Å². The van der Waals surface area contributed by atoms with Crippen molar-refractivity contribution in [3.63, 3.8) is 0 Å². The van der Waals surface area contributed by atoms with E-state index in [0.717, 1.165) is 51.6 Å². The number of allylic oxidation sites excluding steroid dienone is 2. The summed E-state index contributed by atoms with van der Waals surface area (Å²) in [4.78, 5) is 0. The highest BCUT2D eigenvalue weighted by molar-refractivity contribution is 7.58. The maximum absolute atomic E-state index is 13.0. The van der Waals surface area contributed by atoms with Crippen LogP contribution in [0.15, 0.2) is 11.1 Å². The quantitative estimate of drug-likeness (QED) is 0.515. The standard InChI is InChI=1S/C16H29O5P/c1-13(21-15-11-7-8-12-20-15)16(22(17,18-2)19-3)14-9-5-4-6-10-14/h14-15H,4-12H2,1-3H3/b16-13+. The van der Waals surface area contributed by atoms with Crippen molar-refractivity contribution < 1.29 is 23.1 Å². The first-order chi connectivity index (χ1) is 10.6. The maximum Gasteiger partial charge on any atom is 0.360 e. The van der Waals surface area contributed by atoms with E-state index in [9.17, 15) is 4.57 Å². The molecule has 1 aliphatic heterocycles. The van der Waals surface area contributed by atoms with Crippen LogP contribution in [0.3, 0.4) is 0 Å². The van der Waals surface area contributed by atoms with Gasteiger partial charge in [-0.25, -0.2) is 0 Å². The Labute approximate surface area is 133 Å². The second-order valence-electron chi connectivity index (χ2n) is 6.05.